The molecular weight excluding hydrogens is 412 g/mol. The number of hydrogen-bond acceptors (Lipinski definition) is 4. The fourth-order valence-electron chi connectivity index (χ4n) is 4.52. The molecule has 0 spiro atoms. The molecule has 6 heteroatoms. The topological polar surface area (TPSA) is 58.9 Å². The number of carbonyl (C=O) groups is 1. The van der Waals surface area contributed by atoms with E-state index >= 15 is 0 Å². The molecule has 170 valence electrons. The number of hydrazone groups is 1. The Bertz CT molecular complexity index is 1220. The lowest BCUT2D eigenvalue weighted by Gasteiger charge is -2.43. The maximum atomic E-state index is 12.7. The maximum absolute atomic E-state index is 12.7. The van der Waals surface area contributed by atoms with Crippen LogP contribution in [0.2, 0.25) is 0 Å². The number of aromatic nitrogens is 1. The van der Waals surface area contributed by atoms with Crippen LogP contribution in [0, 0.1) is 0 Å². The maximum Gasteiger partial charge on any atom is 0.271 e. The zero-order chi connectivity index (χ0) is 23.6. The van der Waals surface area contributed by atoms with Gasteiger partial charge >= 0.3 is 0 Å². The SMILES string of the molecule is CCN1c2cc(OC)c(/C=N/NC(=O)c3cccc(-n4cccc4)c3)cc2C(C)=CC1(C)C. The van der Waals surface area contributed by atoms with Gasteiger partial charge in [0, 0.05) is 53.1 Å². The fraction of sp³-hybridized carbons (Fsp3) is 0.259. The van der Waals surface area contributed by atoms with Gasteiger partial charge in [0.15, 0.2) is 0 Å². The molecule has 0 saturated heterocycles. The molecule has 1 amide bonds. The van der Waals surface area contributed by atoms with Crippen molar-refractivity contribution in [1.82, 2.24) is 9.99 Å². The van der Waals surface area contributed by atoms with Gasteiger partial charge in [-0.3, -0.25) is 4.79 Å². The predicted molar refractivity (Wildman–Crippen MR) is 135 cm³/mol. The summed E-state index contributed by atoms with van der Waals surface area (Å²) in [6, 6.07) is 15.4. The van der Waals surface area contributed by atoms with Crippen LogP contribution < -0.4 is 15.1 Å². The molecule has 1 aliphatic heterocycles. The fourth-order valence-corrected chi connectivity index (χ4v) is 4.52. The number of nitrogens with one attached hydrogen (secondary N) is 1. The van der Waals surface area contributed by atoms with Crippen LogP contribution in [-0.4, -0.2) is 35.9 Å². The number of ether oxygens (including phenoxy) is 1. The molecule has 0 unspecified atom stereocenters. The van der Waals surface area contributed by atoms with Crippen LogP contribution in [-0.2, 0) is 0 Å². The van der Waals surface area contributed by atoms with Crippen LogP contribution in [0.5, 0.6) is 5.75 Å². The van der Waals surface area contributed by atoms with Gasteiger partial charge in [-0.1, -0.05) is 12.1 Å². The van der Waals surface area contributed by atoms with E-state index in [0.717, 1.165) is 29.0 Å². The Labute approximate surface area is 195 Å². The summed E-state index contributed by atoms with van der Waals surface area (Å²) in [6.07, 6.45) is 7.80. The summed E-state index contributed by atoms with van der Waals surface area (Å²) in [5.41, 5.74) is 8.32. The second-order valence-corrected chi connectivity index (χ2v) is 8.68. The largest absolute Gasteiger partial charge is 0.496 e. The third kappa shape index (κ3) is 4.42. The number of anilines is 1. The molecule has 0 bridgehead atoms. The average molecular weight is 443 g/mol. The van der Waals surface area contributed by atoms with E-state index in [-0.39, 0.29) is 11.4 Å². The first-order valence-corrected chi connectivity index (χ1v) is 11.1. The van der Waals surface area contributed by atoms with Crippen molar-refractivity contribution in [1.29, 1.82) is 0 Å². The molecule has 1 aromatic heterocycles. The molecule has 4 rings (SSSR count). The van der Waals surface area contributed by atoms with Crippen LogP contribution in [0.4, 0.5) is 5.69 Å². The van der Waals surface area contributed by atoms with Gasteiger partial charge in [0.05, 0.1) is 18.9 Å². The Balaban J connectivity index is 1.57. The van der Waals surface area contributed by atoms with Crippen molar-refractivity contribution in [2.75, 3.05) is 18.6 Å². The molecule has 0 radical (unpaired) electrons. The number of methoxy groups -OCH3 is 1. The number of nitrogens with zero attached hydrogens (tertiary/aromatic N) is 3. The number of benzene rings is 2. The number of fused-ring (bicyclic) bond motifs is 1. The Morgan fingerprint density at radius 2 is 1.91 bits per heavy atom. The zero-order valence-corrected chi connectivity index (χ0v) is 19.8. The first-order chi connectivity index (χ1) is 15.8. The van der Waals surface area contributed by atoms with E-state index in [4.69, 9.17) is 4.74 Å². The number of carbonyl (C=O) groups excluding carboxylic acids is 1. The standard InChI is InChI=1S/C27H30N4O2/c1-6-31-24-16-25(33-5)21(15-23(24)19(2)17-27(31,3)4)18-28-29-26(32)20-10-9-11-22(14-20)30-12-7-8-13-30/h7-18H,6H2,1-5H3,(H,29,32)/b28-18+. The minimum atomic E-state index is -0.271. The Morgan fingerprint density at radius 3 is 2.61 bits per heavy atom. The second-order valence-electron chi connectivity index (χ2n) is 8.68. The highest BCUT2D eigenvalue weighted by atomic mass is 16.5. The highest BCUT2D eigenvalue weighted by Crippen LogP contribution is 2.41. The Hall–Kier alpha value is -3.80. The van der Waals surface area contributed by atoms with Gasteiger partial charge in [-0.05, 0) is 69.7 Å². The summed E-state index contributed by atoms with van der Waals surface area (Å²) in [6.45, 7) is 9.60. The van der Waals surface area contributed by atoms with Crippen LogP contribution in [0.1, 0.15) is 49.2 Å². The summed E-state index contributed by atoms with van der Waals surface area (Å²) in [5, 5.41) is 4.22. The highest BCUT2D eigenvalue weighted by Gasteiger charge is 2.31. The van der Waals surface area contributed by atoms with E-state index in [1.54, 1.807) is 19.4 Å². The van der Waals surface area contributed by atoms with Gasteiger partial charge in [-0.25, -0.2) is 5.43 Å². The summed E-state index contributed by atoms with van der Waals surface area (Å²) >= 11 is 0. The minimum absolute atomic E-state index is 0.0738. The van der Waals surface area contributed by atoms with E-state index < -0.39 is 0 Å². The summed E-state index contributed by atoms with van der Waals surface area (Å²) in [4.78, 5) is 15.0. The van der Waals surface area contributed by atoms with E-state index in [0.29, 0.717) is 11.3 Å². The smallest absolute Gasteiger partial charge is 0.271 e. The van der Waals surface area contributed by atoms with Gasteiger partial charge in [0.25, 0.3) is 5.91 Å². The summed E-state index contributed by atoms with van der Waals surface area (Å²) < 4.78 is 7.61. The van der Waals surface area contributed by atoms with Crippen molar-refractivity contribution in [3.05, 3.63) is 83.7 Å². The van der Waals surface area contributed by atoms with Crippen molar-refractivity contribution in [3.8, 4) is 11.4 Å². The molecule has 6 nitrogen and oxygen atoms in total. The molecule has 0 aliphatic carbocycles. The van der Waals surface area contributed by atoms with Gasteiger partial charge in [0.2, 0.25) is 0 Å². The Morgan fingerprint density at radius 1 is 1.15 bits per heavy atom. The zero-order valence-electron chi connectivity index (χ0n) is 19.8. The summed E-state index contributed by atoms with van der Waals surface area (Å²) in [5.74, 6) is 0.442. The van der Waals surface area contributed by atoms with Gasteiger partial charge in [-0.2, -0.15) is 5.10 Å². The number of hydrogen-bond donors (Lipinski definition) is 1. The van der Waals surface area contributed by atoms with E-state index in [1.807, 2.05) is 47.3 Å². The molecular formula is C27H30N4O2. The molecule has 1 aliphatic rings. The number of rotatable bonds is 6. The lowest BCUT2D eigenvalue weighted by atomic mass is 9.88. The monoisotopic (exact) mass is 442 g/mol. The number of allylic oxidation sites excluding steroid dienone is 1. The summed E-state index contributed by atoms with van der Waals surface area (Å²) in [7, 11) is 1.65. The number of amides is 1. The first kappa shape index (κ1) is 22.4. The highest BCUT2D eigenvalue weighted by molar-refractivity contribution is 5.96. The van der Waals surface area contributed by atoms with Crippen LogP contribution in [0.3, 0.4) is 0 Å². The lowest BCUT2D eigenvalue weighted by molar-refractivity contribution is 0.0955. The normalized spacial score (nSPS) is 14.7. The van der Waals surface area contributed by atoms with Gasteiger partial charge < -0.3 is 14.2 Å². The van der Waals surface area contributed by atoms with Crippen molar-refractivity contribution in [2.24, 2.45) is 5.10 Å². The van der Waals surface area contributed by atoms with Gasteiger partial charge in [-0.15, -0.1) is 0 Å². The molecule has 1 N–H and O–H groups in total. The Kier molecular flexibility index (Phi) is 6.09. The molecule has 0 atom stereocenters. The molecule has 0 fully saturated rings. The second kappa shape index (κ2) is 8.98. The van der Waals surface area contributed by atoms with Crippen molar-refractivity contribution < 1.29 is 9.53 Å². The van der Waals surface area contributed by atoms with Crippen molar-refractivity contribution in [2.45, 2.75) is 33.2 Å². The quantitative estimate of drug-likeness (QED) is 0.418. The molecule has 2 heterocycles. The van der Waals surface area contributed by atoms with Crippen LogP contribution in [0.25, 0.3) is 11.3 Å². The van der Waals surface area contributed by atoms with E-state index in [1.165, 1.54) is 5.57 Å². The van der Waals surface area contributed by atoms with Crippen molar-refractivity contribution in [3.63, 3.8) is 0 Å². The molecule has 33 heavy (non-hydrogen) atoms. The third-order valence-electron chi connectivity index (χ3n) is 6.03. The van der Waals surface area contributed by atoms with Gasteiger partial charge in [0.1, 0.15) is 5.75 Å². The van der Waals surface area contributed by atoms with E-state index in [2.05, 4.69) is 61.3 Å². The molecule has 3 aromatic rings. The number of likely N-dealkylation sites (N-methyl/N-ethyl adjacent to an activating group) is 1. The van der Waals surface area contributed by atoms with Crippen LogP contribution >= 0.6 is 0 Å². The van der Waals surface area contributed by atoms with Crippen LogP contribution in [0.15, 0.2) is 72.1 Å². The van der Waals surface area contributed by atoms with Crippen molar-refractivity contribution >= 4 is 23.4 Å². The first-order valence-electron chi connectivity index (χ1n) is 11.1. The third-order valence-corrected chi connectivity index (χ3v) is 6.03. The predicted octanol–water partition coefficient (Wildman–Crippen LogP) is 5.27. The lowest BCUT2D eigenvalue weighted by Crippen LogP contribution is -2.44. The van der Waals surface area contributed by atoms with E-state index in [9.17, 15) is 4.79 Å². The average Bonchev–Trinajstić information content (AvgIpc) is 3.34. The molecule has 0 saturated carbocycles. The molecule has 2 aromatic carbocycles. The minimum Gasteiger partial charge on any atom is -0.496 e.